The second-order valence-electron chi connectivity index (χ2n) is 5.64. The number of carboxylic acid groups (broad SMARTS) is 1. The molecule has 0 aliphatic heterocycles. The fourth-order valence-electron chi connectivity index (χ4n) is 1.73. The molecule has 7 heteroatoms. The van der Waals surface area contributed by atoms with Gasteiger partial charge in [0.15, 0.2) is 0 Å². The molecule has 0 rings (SSSR count). The molecule has 0 heterocycles. The molecule has 0 bridgehead atoms. The highest BCUT2D eigenvalue weighted by molar-refractivity contribution is 5.83. The van der Waals surface area contributed by atoms with Crippen LogP contribution in [0.4, 0.5) is 4.79 Å². The van der Waals surface area contributed by atoms with Crippen LogP contribution in [0.15, 0.2) is 0 Å². The number of hydrogen-bond acceptors (Lipinski definition) is 3. The summed E-state index contributed by atoms with van der Waals surface area (Å²) in [6.07, 6.45) is 1.45. The number of urea groups is 1. The highest BCUT2D eigenvalue weighted by Crippen LogP contribution is 2.09. The third kappa shape index (κ3) is 10.6. The summed E-state index contributed by atoms with van der Waals surface area (Å²) >= 11 is 0. The van der Waals surface area contributed by atoms with E-state index < -0.39 is 5.97 Å². The highest BCUT2D eigenvalue weighted by Gasteiger charge is 2.13. The van der Waals surface area contributed by atoms with Gasteiger partial charge in [-0.3, -0.25) is 9.59 Å². The van der Waals surface area contributed by atoms with E-state index >= 15 is 0 Å². The van der Waals surface area contributed by atoms with Crippen LogP contribution in [-0.2, 0) is 9.59 Å². The molecular weight excluding hydrogens is 274 g/mol. The number of amides is 3. The van der Waals surface area contributed by atoms with Gasteiger partial charge in [0.05, 0.1) is 0 Å². The van der Waals surface area contributed by atoms with Gasteiger partial charge in [0.1, 0.15) is 6.54 Å². The van der Waals surface area contributed by atoms with Gasteiger partial charge in [-0.15, -0.1) is 0 Å². The summed E-state index contributed by atoms with van der Waals surface area (Å²) < 4.78 is 0. The van der Waals surface area contributed by atoms with Crippen LogP contribution >= 0.6 is 0 Å². The predicted molar refractivity (Wildman–Crippen MR) is 80.0 cm³/mol. The van der Waals surface area contributed by atoms with Gasteiger partial charge in [-0.1, -0.05) is 6.92 Å². The minimum absolute atomic E-state index is 0.0125. The molecule has 0 spiro atoms. The first-order valence-electron chi connectivity index (χ1n) is 7.22. The van der Waals surface area contributed by atoms with E-state index in [1.807, 2.05) is 20.8 Å². The number of nitrogens with one attached hydrogen (secondary N) is 2. The molecule has 1 unspecified atom stereocenters. The van der Waals surface area contributed by atoms with E-state index in [9.17, 15) is 14.4 Å². The molecule has 3 amide bonds. The second-order valence-corrected chi connectivity index (χ2v) is 5.64. The van der Waals surface area contributed by atoms with Gasteiger partial charge < -0.3 is 20.6 Å². The number of aliphatic carboxylic acids is 1. The minimum atomic E-state index is -0.804. The zero-order chi connectivity index (χ0) is 16.4. The second kappa shape index (κ2) is 10.0. The Hall–Kier alpha value is -1.79. The number of carbonyl (C=O) groups excluding carboxylic acids is 2. The van der Waals surface area contributed by atoms with Crippen LogP contribution in [0.5, 0.6) is 0 Å². The summed E-state index contributed by atoms with van der Waals surface area (Å²) in [5, 5.41) is 14.0. The lowest BCUT2D eigenvalue weighted by Gasteiger charge is -2.19. The van der Waals surface area contributed by atoms with Crippen LogP contribution < -0.4 is 10.6 Å². The van der Waals surface area contributed by atoms with Crippen LogP contribution in [0.3, 0.4) is 0 Å². The SMILES string of the molecule is CC(CCNC(=O)N(C)CC(=O)NC(C)C)CCC(=O)O. The van der Waals surface area contributed by atoms with Crippen molar-refractivity contribution in [2.45, 2.75) is 46.1 Å². The van der Waals surface area contributed by atoms with Crippen LogP contribution in [-0.4, -0.2) is 54.1 Å². The zero-order valence-corrected chi connectivity index (χ0v) is 13.3. The summed E-state index contributed by atoms with van der Waals surface area (Å²) in [6, 6.07) is -0.261. The molecule has 0 saturated carbocycles. The zero-order valence-electron chi connectivity index (χ0n) is 13.3. The topological polar surface area (TPSA) is 98.7 Å². The van der Waals surface area contributed by atoms with E-state index in [0.717, 1.165) is 0 Å². The molecule has 1 atom stereocenters. The summed E-state index contributed by atoms with van der Waals surface area (Å²) in [5.74, 6) is -0.768. The predicted octanol–water partition coefficient (Wildman–Crippen LogP) is 1.04. The van der Waals surface area contributed by atoms with Crippen molar-refractivity contribution < 1.29 is 19.5 Å². The molecule has 0 radical (unpaired) electrons. The van der Waals surface area contributed by atoms with Crippen molar-refractivity contribution in [2.75, 3.05) is 20.1 Å². The van der Waals surface area contributed by atoms with Crippen LogP contribution in [0.1, 0.15) is 40.0 Å². The van der Waals surface area contributed by atoms with Gasteiger partial charge >= 0.3 is 12.0 Å². The number of carbonyl (C=O) groups is 3. The smallest absolute Gasteiger partial charge is 0.317 e. The number of likely N-dealkylation sites (N-methyl/N-ethyl adjacent to an activating group) is 1. The molecule has 0 aliphatic carbocycles. The van der Waals surface area contributed by atoms with Crippen LogP contribution in [0.25, 0.3) is 0 Å². The maximum absolute atomic E-state index is 11.8. The lowest BCUT2D eigenvalue weighted by Crippen LogP contribution is -2.45. The average molecular weight is 301 g/mol. The molecule has 122 valence electrons. The lowest BCUT2D eigenvalue weighted by atomic mass is 10.0. The number of nitrogens with zero attached hydrogens (tertiary/aromatic N) is 1. The Morgan fingerprint density at radius 1 is 1.14 bits per heavy atom. The van der Waals surface area contributed by atoms with E-state index in [2.05, 4.69) is 10.6 Å². The molecule has 0 aromatic rings. The van der Waals surface area contributed by atoms with Crippen molar-refractivity contribution in [3.63, 3.8) is 0 Å². The Kier molecular flexibility index (Phi) is 9.16. The Balaban J connectivity index is 3.87. The molecule has 0 aliphatic rings. The number of rotatable bonds is 9. The van der Waals surface area contributed by atoms with Crippen molar-refractivity contribution in [1.82, 2.24) is 15.5 Å². The van der Waals surface area contributed by atoms with E-state index in [1.165, 1.54) is 4.90 Å². The van der Waals surface area contributed by atoms with Crippen molar-refractivity contribution in [2.24, 2.45) is 5.92 Å². The Labute approximate surface area is 126 Å². The van der Waals surface area contributed by atoms with Gasteiger partial charge in [-0.25, -0.2) is 4.79 Å². The maximum Gasteiger partial charge on any atom is 0.317 e. The molecule has 21 heavy (non-hydrogen) atoms. The summed E-state index contributed by atoms with van der Waals surface area (Å²) in [5.41, 5.74) is 0. The molecule has 0 fully saturated rings. The van der Waals surface area contributed by atoms with Crippen LogP contribution in [0, 0.1) is 5.92 Å². The summed E-state index contributed by atoms with van der Waals surface area (Å²) in [7, 11) is 1.56. The number of hydrogen-bond donors (Lipinski definition) is 3. The van der Waals surface area contributed by atoms with E-state index in [4.69, 9.17) is 5.11 Å². The fraction of sp³-hybridized carbons (Fsp3) is 0.786. The van der Waals surface area contributed by atoms with Gasteiger partial charge in [0, 0.05) is 26.1 Å². The lowest BCUT2D eigenvalue weighted by molar-refractivity contribution is -0.137. The Bertz CT molecular complexity index is 358. The summed E-state index contributed by atoms with van der Waals surface area (Å²) in [6.45, 7) is 6.15. The molecule has 7 nitrogen and oxygen atoms in total. The Morgan fingerprint density at radius 3 is 2.29 bits per heavy atom. The van der Waals surface area contributed by atoms with Crippen molar-refractivity contribution in [3.05, 3.63) is 0 Å². The number of carboxylic acids is 1. The molecule has 3 N–H and O–H groups in total. The minimum Gasteiger partial charge on any atom is -0.481 e. The van der Waals surface area contributed by atoms with E-state index in [1.54, 1.807) is 7.05 Å². The monoisotopic (exact) mass is 301 g/mol. The largest absolute Gasteiger partial charge is 0.481 e. The molecule has 0 aromatic heterocycles. The van der Waals surface area contributed by atoms with E-state index in [-0.39, 0.29) is 36.9 Å². The van der Waals surface area contributed by atoms with Crippen LogP contribution in [0.2, 0.25) is 0 Å². The van der Waals surface area contributed by atoms with Gasteiger partial charge in [-0.05, 0) is 32.6 Å². The van der Waals surface area contributed by atoms with Crippen molar-refractivity contribution >= 4 is 17.9 Å². The van der Waals surface area contributed by atoms with Crippen molar-refractivity contribution in [3.8, 4) is 0 Å². The van der Waals surface area contributed by atoms with Gasteiger partial charge in [0.2, 0.25) is 5.91 Å². The van der Waals surface area contributed by atoms with E-state index in [0.29, 0.717) is 19.4 Å². The first-order chi connectivity index (χ1) is 9.72. The van der Waals surface area contributed by atoms with Gasteiger partial charge in [-0.2, -0.15) is 0 Å². The average Bonchev–Trinajstić information content (AvgIpc) is 2.34. The quantitative estimate of drug-likeness (QED) is 0.592. The third-order valence-electron chi connectivity index (χ3n) is 2.94. The molecule has 0 saturated heterocycles. The Morgan fingerprint density at radius 2 is 1.76 bits per heavy atom. The molecular formula is C14H27N3O4. The highest BCUT2D eigenvalue weighted by atomic mass is 16.4. The molecule has 0 aromatic carbocycles. The fourth-order valence-corrected chi connectivity index (χ4v) is 1.73. The maximum atomic E-state index is 11.8. The first kappa shape index (κ1) is 19.2. The normalized spacial score (nSPS) is 11.9. The standard InChI is InChI=1S/C14H27N3O4/c1-10(2)16-12(18)9-17(4)14(21)15-8-7-11(3)5-6-13(19)20/h10-11H,5-9H2,1-4H3,(H,15,21)(H,16,18)(H,19,20). The third-order valence-corrected chi connectivity index (χ3v) is 2.94. The summed E-state index contributed by atoms with van der Waals surface area (Å²) in [4.78, 5) is 35.0. The van der Waals surface area contributed by atoms with Gasteiger partial charge in [0.25, 0.3) is 0 Å². The first-order valence-corrected chi connectivity index (χ1v) is 7.22. The van der Waals surface area contributed by atoms with Crippen molar-refractivity contribution in [1.29, 1.82) is 0 Å².